The molecule has 0 spiro atoms. The molecule has 0 aliphatic carbocycles. The van der Waals surface area contributed by atoms with Crippen LogP contribution in [-0.2, 0) is 23.8 Å². The van der Waals surface area contributed by atoms with Gasteiger partial charge in [-0.05, 0) is 85.0 Å². The van der Waals surface area contributed by atoms with E-state index in [2.05, 4.69) is 9.80 Å². The molecule has 0 atom stereocenters. The summed E-state index contributed by atoms with van der Waals surface area (Å²) in [7, 11) is 0. The van der Waals surface area contributed by atoms with Crippen LogP contribution in [0.1, 0.15) is 90.9 Å². The van der Waals surface area contributed by atoms with Gasteiger partial charge in [0, 0.05) is 55.7 Å². The van der Waals surface area contributed by atoms with Crippen molar-refractivity contribution >= 4 is 35.5 Å². The van der Waals surface area contributed by atoms with Gasteiger partial charge in [-0.3, -0.25) is 9.59 Å². The number of thioether (sulfide) groups is 2. The van der Waals surface area contributed by atoms with Crippen molar-refractivity contribution in [1.82, 2.24) is 9.80 Å². The predicted octanol–water partition coefficient (Wildman–Crippen LogP) is 5.65. The van der Waals surface area contributed by atoms with Crippen LogP contribution in [-0.4, -0.2) is 109 Å². The van der Waals surface area contributed by atoms with Crippen molar-refractivity contribution in [2.45, 2.75) is 96.5 Å². The molecule has 2 saturated heterocycles. The number of piperidine rings is 2. The van der Waals surface area contributed by atoms with Gasteiger partial charge < -0.3 is 24.0 Å². The van der Waals surface area contributed by atoms with E-state index in [9.17, 15) is 9.59 Å². The van der Waals surface area contributed by atoms with E-state index in [0.717, 1.165) is 61.8 Å². The smallest absolute Gasteiger partial charge is 0.307 e. The van der Waals surface area contributed by atoms with E-state index in [1.54, 1.807) is 0 Å². The molecule has 0 aromatic carbocycles. The molecule has 0 radical (unpaired) electrons. The molecule has 2 aliphatic heterocycles. The first kappa shape index (κ1) is 34.7. The van der Waals surface area contributed by atoms with Gasteiger partial charge in [-0.1, -0.05) is 12.8 Å². The molecule has 0 aromatic rings. The van der Waals surface area contributed by atoms with Crippen molar-refractivity contribution in [3.63, 3.8) is 0 Å². The largest absolute Gasteiger partial charge is 0.466 e. The lowest BCUT2D eigenvalue weighted by Gasteiger charge is -2.26. The summed E-state index contributed by atoms with van der Waals surface area (Å²) in [5.41, 5.74) is -0.435. The van der Waals surface area contributed by atoms with Gasteiger partial charge >= 0.3 is 11.9 Å². The van der Waals surface area contributed by atoms with Crippen LogP contribution in [0.2, 0.25) is 0 Å². The summed E-state index contributed by atoms with van der Waals surface area (Å²) in [4.78, 5) is 29.2. The molecular weight excluding hydrogens is 532 g/mol. The minimum atomic E-state index is -0.435. The van der Waals surface area contributed by atoms with E-state index in [1.807, 2.05) is 37.4 Å². The Hall–Kier alpha value is -0.480. The maximum atomic E-state index is 12.2. The summed E-state index contributed by atoms with van der Waals surface area (Å²) in [5.74, 6) is 3.67. The lowest BCUT2D eigenvalue weighted by molar-refractivity contribution is -0.156. The zero-order valence-electron chi connectivity index (χ0n) is 24.9. The summed E-state index contributed by atoms with van der Waals surface area (Å²) in [6.07, 6.45) is 12.5. The fourth-order valence-electron chi connectivity index (χ4n) is 4.95. The normalized spacial score (nSPS) is 17.3. The minimum Gasteiger partial charge on any atom is -0.466 e. The maximum absolute atomic E-state index is 12.2. The predicted molar refractivity (Wildman–Crippen MR) is 165 cm³/mol. The molecule has 2 rings (SSSR count). The zero-order chi connectivity index (χ0) is 28.0. The second-order valence-corrected chi connectivity index (χ2v) is 13.9. The number of likely N-dealkylation sites (tertiary alicyclic amines) is 2. The Kier molecular flexibility index (Phi) is 19.7. The monoisotopic (exact) mass is 588 g/mol. The molecule has 0 N–H and O–H groups in total. The van der Waals surface area contributed by atoms with Crippen molar-refractivity contribution in [2.24, 2.45) is 0 Å². The van der Waals surface area contributed by atoms with Gasteiger partial charge in [0.25, 0.3) is 0 Å². The quantitative estimate of drug-likeness (QED) is 0.118. The van der Waals surface area contributed by atoms with Crippen molar-refractivity contribution in [1.29, 1.82) is 0 Å². The van der Waals surface area contributed by atoms with Gasteiger partial charge in [0.1, 0.15) is 5.60 Å². The van der Waals surface area contributed by atoms with E-state index in [1.165, 1.54) is 64.7 Å². The average Bonchev–Trinajstić information content (AvgIpc) is 2.92. The number of hydrogen-bond donors (Lipinski definition) is 0. The highest BCUT2D eigenvalue weighted by atomic mass is 32.2. The molecule has 2 heterocycles. The summed E-state index contributed by atoms with van der Waals surface area (Å²) in [6, 6.07) is 0. The summed E-state index contributed by atoms with van der Waals surface area (Å²) >= 11 is 3.70. The van der Waals surface area contributed by atoms with Gasteiger partial charge in [0.2, 0.25) is 0 Å². The number of esters is 2. The Morgan fingerprint density at radius 3 is 1.79 bits per heavy atom. The number of ether oxygens (including phenoxy) is 3. The SMILES string of the molecule is CC(C)(CCCCOCCCOC(=O)CCSCCN1CCCCC1)OC(=O)CCSCCN1CCCCC1. The van der Waals surface area contributed by atoms with Gasteiger partial charge in [0.05, 0.1) is 19.4 Å². The Morgan fingerprint density at radius 1 is 0.667 bits per heavy atom. The number of carbonyl (C=O) groups is 2. The van der Waals surface area contributed by atoms with Gasteiger partial charge in [-0.25, -0.2) is 0 Å². The molecule has 9 heteroatoms. The lowest BCUT2D eigenvalue weighted by atomic mass is 10.0. The molecule has 228 valence electrons. The molecule has 2 aliphatic rings. The van der Waals surface area contributed by atoms with E-state index in [4.69, 9.17) is 14.2 Å². The molecular formula is C30H56N2O5S2. The highest BCUT2D eigenvalue weighted by molar-refractivity contribution is 7.99. The van der Waals surface area contributed by atoms with Crippen LogP contribution >= 0.6 is 23.5 Å². The topological polar surface area (TPSA) is 68.3 Å². The van der Waals surface area contributed by atoms with Crippen molar-refractivity contribution in [3.8, 4) is 0 Å². The van der Waals surface area contributed by atoms with Crippen molar-refractivity contribution in [3.05, 3.63) is 0 Å². The second kappa shape index (κ2) is 22.2. The van der Waals surface area contributed by atoms with Crippen LogP contribution in [0.4, 0.5) is 0 Å². The Labute approximate surface area is 247 Å². The first-order valence-corrected chi connectivity index (χ1v) is 17.8. The zero-order valence-corrected chi connectivity index (χ0v) is 26.6. The Balaban J connectivity index is 1.32. The van der Waals surface area contributed by atoms with E-state index in [0.29, 0.717) is 32.7 Å². The molecule has 0 saturated carbocycles. The molecule has 2 fully saturated rings. The molecule has 0 bridgehead atoms. The third-order valence-corrected chi connectivity index (χ3v) is 9.23. The maximum Gasteiger partial charge on any atom is 0.307 e. The van der Waals surface area contributed by atoms with Crippen LogP contribution in [0.15, 0.2) is 0 Å². The third-order valence-electron chi connectivity index (χ3n) is 7.31. The molecule has 39 heavy (non-hydrogen) atoms. The molecule has 0 aromatic heterocycles. The van der Waals surface area contributed by atoms with Crippen LogP contribution < -0.4 is 0 Å². The molecule has 0 unspecified atom stereocenters. The Bertz CT molecular complexity index is 641. The van der Waals surface area contributed by atoms with Crippen LogP contribution in [0.3, 0.4) is 0 Å². The standard InChI is InChI=1S/C30H56N2O5S2/c1-30(2,37-29(34)13-25-39-27-20-32-17-8-4-9-18-32)14-5-10-21-35-22-11-23-36-28(33)12-24-38-26-19-31-15-6-3-7-16-31/h3-27H2,1-2H3. The van der Waals surface area contributed by atoms with Crippen LogP contribution in [0, 0.1) is 0 Å². The number of hydrogen-bond acceptors (Lipinski definition) is 9. The number of unbranched alkanes of at least 4 members (excludes halogenated alkanes) is 1. The van der Waals surface area contributed by atoms with Gasteiger partial charge in [0.15, 0.2) is 0 Å². The van der Waals surface area contributed by atoms with Crippen LogP contribution in [0.25, 0.3) is 0 Å². The van der Waals surface area contributed by atoms with Gasteiger partial charge in [-0.15, -0.1) is 0 Å². The van der Waals surface area contributed by atoms with Crippen molar-refractivity contribution < 1.29 is 23.8 Å². The van der Waals surface area contributed by atoms with Gasteiger partial charge in [-0.2, -0.15) is 23.5 Å². The minimum absolute atomic E-state index is 0.0904. The average molecular weight is 589 g/mol. The summed E-state index contributed by atoms with van der Waals surface area (Å²) in [6.45, 7) is 12.9. The van der Waals surface area contributed by atoms with E-state index >= 15 is 0 Å². The first-order valence-electron chi connectivity index (χ1n) is 15.5. The van der Waals surface area contributed by atoms with Crippen molar-refractivity contribution in [2.75, 3.05) is 82.1 Å². The number of nitrogens with zero attached hydrogens (tertiary/aromatic N) is 2. The number of carbonyl (C=O) groups excluding carboxylic acids is 2. The van der Waals surface area contributed by atoms with E-state index < -0.39 is 5.60 Å². The summed E-state index contributed by atoms with van der Waals surface area (Å²) < 4.78 is 16.7. The fraction of sp³-hybridized carbons (Fsp3) is 0.933. The number of rotatable bonds is 22. The highest BCUT2D eigenvalue weighted by Crippen LogP contribution is 2.20. The molecule has 7 nitrogen and oxygen atoms in total. The van der Waals surface area contributed by atoms with E-state index in [-0.39, 0.29) is 11.9 Å². The fourth-order valence-corrected chi connectivity index (χ4v) is 6.76. The highest BCUT2D eigenvalue weighted by Gasteiger charge is 2.22. The Morgan fingerprint density at radius 2 is 1.21 bits per heavy atom. The molecule has 0 amide bonds. The lowest BCUT2D eigenvalue weighted by Crippen LogP contribution is -2.31. The second-order valence-electron chi connectivity index (χ2n) is 11.4. The first-order chi connectivity index (χ1) is 18.9. The third kappa shape index (κ3) is 19.3. The summed E-state index contributed by atoms with van der Waals surface area (Å²) in [5, 5.41) is 0. The van der Waals surface area contributed by atoms with Crippen LogP contribution in [0.5, 0.6) is 0 Å².